The van der Waals surface area contributed by atoms with Gasteiger partial charge in [-0.2, -0.15) is 0 Å². The number of hydrogen-bond acceptors (Lipinski definition) is 2. The molecule has 0 saturated heterocycles. The Bertz CT molecular complexity index is 481. The lowest BCUT2D eigenvalue weighted by atomic mass is 10.1. The molecule has 1 unspecified atom stereocenters. The molecule has 0 aliphatic rings. The predicted octanol–water partition coefficient (Wildman–Crippen LogP) is 4.11. The fourth-order valence-electron chi connectivity index (χ4n) is 1.64. The van der Waals surface area contributed by atoms with E-state index < -0.39 is 0 Å². The monoisotopic (exact) mass is 343 g/mol. The quantitative estimate of drug-likeness (QED) is 0.906. The maximum Gasteiger partial charge on any atom is 0.169 e. The Kier molecular flexibility index (Phi) is 3.84. The summed E-state index contributed by atoms with van der Waals surface area (Å²) in [5, 5.41) is 3.24. The number of furan rings is 1. The van der Waals surface area contributed by atoms with Gasteiger partial charge in [0, 0.05) is 4.47 Å². The number of nitrogens with one attached hydrogen (secondary N) is 1. The molecule has 84 valence electrons. The summed E-state index contributed by atoms with van der Waals surface area (Å²) in [5.41, 5.74) is 1.17. The van der Waals surface area contributed by atoms with E-state index in [1.165, 1.54) is 5.56 Å². The van der Waals surface area contributed by atoms with Gasteiger partial charge in [-0.05, 0) is 52.8 Å². The van der Waals surface area contributed by atoms with Crippen molar-refractivity contribution in [2.24, 2.45) is 0 Å². The van der Waals surface area contributed by atoms with Crippen molar-refractivity contribution in [2.75, 3.05) is 7.05 Å². The molecule has 0 saturated carbocycles. The summed E-state index contributed by atoms with van der Waals surface area (Å²) in [6, 6.07) is 12.1. The summed E-state index contributed by atoms with van der Waals surface area (Å²) in [7, 11) is 1.92. The van der Waals surface area contributed by atoms with E-state index in [9.17, 15) is 0 Å². The third kappa shape index (κ3) is 2.56. The largest absolute Gasteiger partial charge is 0.452 e. The lowest BCUT2D eigenvalue weighted by Gasteiger charge is -2.14. The standard InChI is InChI=1S/C12H11Br2NO/c1-15-12(10-5-6-11(14)16-10)8-3-2-4-9(13)7-8/h2-7,12,15H,1H3. The van der Waals surface area contributed by atoms with Crippen molar-refractivity contribution in [1.82, 2.24) is 5.32 Å². The molecule has 2 rings (SSSR count). The van der Waals surface area contributed by atoms with Crippen molar-refractivity contribution >= 4 is 31.9 Å². The smallest absolute Gasteiger partial charge is 0.169 e. The zero-order chi connectivity index (χ0) is 11.5. The van der Waals surface area contributed by atoms with Crippen LogP contribution in [0.4, 0.5) is 0 Å². The third-order valence-electron chi connectivity index (χ3n) is 2.35. The van der Waals surface area contributed by atoms with E-state index in [1.807, 2.05) is 31.3 Å². The second-order valence-electron chi connectivity index (χ2n) is 3.42. The van der Waals surface area contributed by atoms with Gasteiger partial charge in [-0.1, -0.05) is 28.1 Å². The van der Waals surface area contributed by atoms with Crippen LogP contribution < -0.4 is 5.32 Å². The average molecular weight is 345 g/mol. The molecule has 16 heavy (non-hydrogen) atoms. The first kappa shape index (κ1) is 11.9. The van der Waals surface area contributed by atoms with Gasteiger partial charge in [-0.3, -0.25) is 0 Å². The van der Waals surface area contributed by atoms with Crippen LogP contribution in [0.15, 0.2) is 50.0 Å². The number of benzene rings is 1. The first-order valence-corrected chi connectivity index (χ1v) is 6.47. The van der Waals surface area contributed by atoms with Gasteiger partial charge in [-0.15, -0.1) is 0 Å². The highest BCUT2D eigenvalue weighted by atomic mass is 79.9. The summed E-state index contributed by atoms with van der Waals surface area (Å²) < 4.78 is 7.38. The molecule has 0 radical (unpaired) electrons. The van der Waals surface area contributed by atoms with Crippen molar-refractivity contribution in [3.8, 4) is 0 Å². The maximum absolute atomic E-state index is 5.57. The van der Waals surface area contributed by atoms with Gasteiger partial charge in [0.1, 0.15) is 5.76 Å². The van der Waals surface area contributed by atoms with Crippen molar-refractivity contribution in [3.05, 3.63) is 56.9 Å². The van der Waals surface area contributed by atoms with Gasteiger partial charge in [-0.25, -0.2) is 0 Å². The summed E-state index contributed by atoms with van der Waals surface area (Å²) in [6.45, 7) is 0. The van der Waals surface area contributed by atoms with Crippen LogP contribution >= 0.6 is 31.9 Å². The zero-order valence-electron chi connectivity index (χ0n) is 8.71. The van der Waals surface area contributed by atoms with E-state index in [0.29, 0.717) is 0 Å². The van der Waals surface area contributed by atoms with Gasteiger partial charge in [0.25, 0.3) is 0 Å². The van der Waals surface area contributed by atoms with Crippen molar-refractivity contribution in [2.45, 2.75) is 6.04 Å². The summed E-state index contributed by atoms with van der Waals surface area (Å²) in [4.78, 5) is 0. The topological polar surface area (TPSA) is 25.2 Å². The van der Waals surface area contributed by atoms with Crippen LogP contribution in [-0.4, -0.2) is 7.05 Å². The lowest BCUT2D eigenvalue weighted by Crippen LogP contribution is -2.16. The molecular weight excluding hydrogens is 334 g/mol. The van der Waals surface area contributed by atoms with Crippen LogP contribution in [0, 0.1) is 0 Å². The lowest BCUT2D eigenvalue weighted by molar-refractivity contribution is 0.447. The van der Waals surface area contributed by atoms with Gasteiger partial charge in [0.2, 0.25) is 0 Å². The van der Waals surface area contributed by atoms with E-state index in [-0.39, 0.29) is 6.04 Å². The Balaban J connectivity index is 2.36. The molecule has 1 atom stereocenters. The minimum absolute atomic E-state index is 0.0730. The molecule has 2 aromatic rings. The maximum atomic E-state index is 5.57. The molecule has 0 aliphatic carbocycles. The Morgan fingerprint density at radius 3 is 2.56 bits per heavy atom. The van der Waals surface area contributed by atoms with Gasteiger partial charge in [0.05, 0.1) is 6.04 Å². The minimum atomic E-state index is 0.0730. The van der Waals surface area contributed by atoms with Crippen LogP contribution in [0.25, 0.3) is 0 Å². The highest BCUT2D eigenvalue weighted by Crippen LogP contribution is 2.27. The SMILES string of the molecule is CNC(c1cccc(Br)c1)c1ccc(Br)o1. The molecule has 0 aliphatic heterocycles. The van der Waals surface area contributed by atoms with Crippen LogP contribution in [0.3, 0.4) is 0 Å². The van der Waals surface area contributed by atoms with Crippen molar-refractivity contribution in [3.63, 3.8) is 0 Å². The minimum Gasteiger partial charge on any atom is -0.452 e. The molecule has 4 heteroatoms. The molecule has 0 bridgehead atoms. The average Bonchev–Trinajstić information content (AvgIpc) is 2.66. The van der Waals surface area contributed by atoms with E-state index in [4.69, 9.17) is 4.42 Å². The van der Waals surface area contributed by atoms with E-state index in [2.05, 4.69) is 49.3 Å². The predicted molar refractivity (Wildman–Crippen MR) is 71.5 cm³/mol. The molecule has 0 spiro atoms. The van der Waals surface area contributed by atoms with E-state index in [0.717, 1.165) is 14.9 Å². The molecule has 1 aromatic carbocycles. The fourth-order valence-corrected chi connectivity index (χ4v) is 2.38. The Labute approximate surface area is 111 Å². The zero-order valence-corrected chi connectivity index (χ0v) is 11.9. The van der Waals surface area contributed by atoms with Gasteiger partial charge >= 0.3 is 0 Å². The first-order valence-electron chi connectivity index (χ1n) is 4.88. The summed E-state index contributed by atoms with van der Waals surface area (Å²) in [5.74, 6) is 0.896. The second-order valence-corrected chi connectivity index (χ2v) is 5.12. The number of rotatable bonds is 3. The van der Waals surface area contributed by atoms with E-state index >= 15 is 0 Å². The number of halogens is 2. The number of hydrogen-bond donors (Lipinski definition) is 1. The molecular formula is C12H11Br2NO. The summed E-state index contributed by atoms with van der Waals surface area (Å²) in [6.07, 6.45) is 0. The molecule has 1 heterocycles. The molecule has 1 aromatic heterocycles. The molecule has 1 N–H and O–H groups in total. The van der Waals surface area contributed by atoms with Crippen LogP contribution in [0.5, 0.6) is 0 Å². The third-order valence-corrected chi connectivity index (χ3v) is 3.27. The Hall–Kier alpha value is -0.580. The van der Waals surface area contributed by atoms with Crippen molar-refractivity contribution in [1.29, 1.82) is 0 Å². The van der Waals surface area contributed by atoms with Crippen LogP contribution in [0.1, 0.15) is 17.4 Å². The summed E-state index contributed by atoms with van der Waals surface area (Å²) >= 11 is 6.78. The highest BCUT2D eigenvalue weighted by molar-refractivity contribution is 9.10. The Morgan fingerprint density at radius 2 is 2.00 bits per heavy atom. The van der Waals surface area contributed by atoms with Crippen LogP contribution in [-0.2, 0) is 0 Å². The van der Waals surface area contributed by atoms with Crippen LogP contribution in [0.2, 0.25) is 0 Å². The van der Waals surface area contributed by atoms with E-state index in [1.54, 1.807) is 0 Å². The normalized spacial score (nSPS) is 12.7. The first-order chi connectivity index (χ1) is 7.70. The molecule has 0 amide bonds. The van der Waals surface area contributed by atoms with Crippen molar-refractivity contribution < 1.29 is 4.42 Å². The highest BCUT2D eigenvalue weighted by Gasteiger charge is 2.15. The second kappa shape index (κ2) is 5.17. The molecule has 0 fully saturated rings. The fraction of sp³-hybridized carbons (Fsp3) is 0.167. The van der Waals surface area contributed by atoms with Gasteiger partial charge in [0.15, 0.2) is 4.67 Å². The Morgan fingerprint density at radius 1 is 1.19 bits per heavy atom. The van der Waals surface area contributed by atoms with Gasteiger partial charge < -0.3 is 9.73 Å². The molecule has 2 nitrogen and oxygen atoms in total.